The molecule has 0 spiro atoms. The predicted molar refractivity (Wildman–Crippen MR) is 58.1 cm³/mol. The number of unbranched alkanes of at least 4 members (excludes halogenated alkanes) is 1. The van der Waals surface area contributed by atoms with Gasteiger partial charge in [0.25, 0.3) is 0 Å². The second-order valence-corrected chi connectivity index (χ2v) is 3.75. The van der Waals surface area contributed by atoms with Crippen LogP contribution in [0.3, 0.4) is 0 Å². The summed E-state index contributed by atoms with van der Waals surface area (Å²) in [7, 11) is 0. The fourth-order valence-electron chi connectivity index (χ4n) is 0.781. The first-order valence-electron chi connectivity index (χ1n) is 4.04. The van der Waals surface area contributed by atoms with Gasteiger partial charge < -0.3 is 5.32 Å². The molecule has 1 heterocycles. The maximum atomic E-state index is 4.12. The minimum atomic E-state index is 0.726. The lowest BCUT2D eigenvalue weighted by Gasteiger charge is -2.01. The average Bonchev–Trinajstić information content (AvgIpc) is 2.09. The van der Waals surface area contributed by atoms with Crippen molar-refractivity contribution < 1.29 is 0 Å². The van der Waals surface area contributed by atoms with E-state index in [1.54, 1.807) is 0 Å². The van der Waals surface area contributed by atoms with E-state index < -0.39 is 0 Å². The highest BCUT2D eigenvalue weighted by molar-refractivity contribution is 14.1. The third kappa shape index (κ3) is 3.34. The monoisotopic (exact) mass is 277 g/mol. The quantitative estimate of drug-likeness (QED) is 0.677. The van der Waals surface area contributed by atoms with Gasteiger partial charge in [-0.05, 0) is 29.0 Å². The first-order chi connectivity index (χ1) is 5.83. The van der Waals surface area contributed by atoms with Gasteiger partial charge in [0, 0.05) is 22.5 Å². The molecule has 66 valence electrons. The Kier molecular flexibility index (Phi) is 4.27. The van der Waals surface area contributed by atoms with Crippen LogP contribution < -0.4 is 5.32 Å². The zero-order valence-electron chi connectivity index (χ0n) is 7.05. The van der Waals surface area contributed by atoms with Gasteiger partial charge in [-0.25, -0.2) is 9.97 Å². The molecule has 0 saturated heterocycles. The lowest BCUT2D eigenvalue weighted by molar-refractivity contribution is 0.826. The summed E-state index contributed by atoms with van der Waals surface area (Å²) in [4.78, 5) is 8.24. The van der Waals surface area contributed by atoms with Crippen molar-refractivity contribution in [3.05, 3.63) is 16.0 Å². The molecule has 4 heteroatoms. The van der Waals surface area contributed by atoms with E-state index in [0.29, 0.717) is 0 Å². The molecule has 0 aromatic carbocycles. The van der Waals surface area contributed by atoms with Crippen molar-refractivity contribution in [2.24, 2.45) is 0 Å². The zero-order valence-corrected chi connectivity index (χ0v) is 9.21. The van der Waals surface area contributed by atoms with E-state index in [2.05, 4.69) is 44.8 Å². The van der Waals surface area contributed by atoms with Crippen LogP contribution in [-0.2, 0) is 0 Å². The first kappa shape index (κ1) is 9.70. The molecule has 1 N–H and O–H groups in total. The van der Waals surface area contributed by atoms with Gasteiger partial charge in [-0.2, -0.15) is 0 Å². The van der Waals surface area contributed by atoms with E-state index in [0.717, 1.165) is 22.5 Å². The Morgan fingerprint density at radius 1 is 1.42 bits per heavy atom. The lowest BCUT2D eigenvalue weighted by atomic mass is 10.3. The smallest absolute Gasteiger partial charge is 0.222 e. The summed E-state index contributed by atoms with van der Waals surface area (Å²) in [5, 5.41) is 3.15. The van der Waals surface area contributed by atoms with Crippen LogP contribution in [0, 0.1) is 3.57 Å². The lowest BCUT2D eigenvalue weighted by Crippen LogP contribution is -2.04. The summed E-state index contributed by atoms with van der Waals surface area (Å²) in [6, 6.07) is 0. The predicted octanol–water partition coefficient (Wildman–Crippen LogP) is 2.29. The van der Waals surface area contributed by atoms with Gasteiger partial charge in [0.2, 0.25) is 5.95 Å². The molecule has 0 aliphatic carbocycles. The van der Waals surface area contributed by atoms with E-state index in [1.807, 2.05) is 12.4 Å². The van der Waals surface area contributed by atoms with Crippen molar-refractivity contribution in [3.8, 4) is 0 Å². The summed E-state index contributed by atoms with van der Waals surface area (Å²) in [5.74, 6) is 0.726. The Labute approximate surface area is 86.1 Å². The van der Waals surface area contributed by atoms with Crippen molar-refractivity contribution in [1.82, 2.24) is 9.97 Å². The standard InChI is InChI=1S/C8H12IN3/c1-2-3-4-10-8-11-5-7(9)6-12-8/h5-6H,2-4H2,1H3,(H,10,11,12). The molecule has 3 nitrogen and oxygen atoms in total. The fraction of sp³-hybridized carbons (Fsp3) is 0.500. The molecular formula is C8H12IN3. The highest BCUT2D eigenvalue weighted by Gasteiger charge is 1.92. The van der Waals surface area contributed by atoms with E-state index in [-0.39, 0.29) is 0 Å². The van der Waals surface area contributed by atoms with E-state index >= 15 is 0 Å². The van der Waals surface area contributed by atoms with Crippen LogP contribution in [0.5, 0.6) is 0 Å². The summed E-state index contributed by atoms with van der Waals surface area (Å²) in [5.41, 5.74) is 0. The summed E-state index contributed by atoms with van der Waals surface area (Å²) in [6.45, 7) is 3.12. The molecule has 0 atom stereocenters. The molecule has 0 bridgehead atoms. The molecule has 1 aromatic rings. The maximum Gasteiger partial charge on any atom is 0.222 e. The minimum absolute atomic E-state index is 0.726. The highest BCUT2D eigenvalue weighted by atomic mass is 127. The molecule has 0 aliphatic heterocycles. The van der Waals surface area contributed by atoms with Crippen LogP contribution in [0.15, 0.2) is 12.4 Å². The third-order valence-electron chi connectivity index (χ3n) is 1.43. The Balaban J connectivity index is 2.37. The highest BCUT2D eigenvalue weighted by Crippen LogP contribution is 2.02. The van der Waals surface area contributed by atoms with Gasteiger partial charge in [0.15, 0.2) is 0 Å². The van der Waals surface area contributed by atoms with Crippen molar-refractivity contribution in [3.63, 3.8) is 0 Å². The Hall–Kier alpha value is -0.390. The summed E-state index contributed by atoms with van der Waals surface area (Å²) < 4.78 is 1.06. The van der Waals surface area contributed by atoms with Gasteiger partial charge >= 0.3 is 0 Å². The summed E-state index contributed by atoms with van der Waals surface area (Å²) in [6.07, 6.45) is 5.97. The molecule has 0 radical (unpaired) electrons. The minimum Gasteiger partial charge on any atom is -0.354 e. The van der Waals surface area contributed by atoms with Gasteiger partial charge in [-0.15, -0.1) is 0 Å². The molecule has 1 aromatic heterocycles. The maximum absolute atomic E-state index is 4.12. The number of rotatable bonds is 4. The van der Waals surface area contributed by atoms with Crippen LogP contribution in [0.4, 0.5) is 5.95 Å². The van der Waals surface area contributed by atoms with Gasteiger partial charge in [-0.3, -0.25) is 0 Å². The van der Waals surface area contributed by atoms with Crippen molar-refractivity contribution in [2.75, 3.05) is 11.9 Å². The topological polar surface area (TPSA) is 37.8 Å². The summed E-state index contributed by atoms with van der Waals surface area (Å²) >= 11 is 2.19. The zero-order chi connectivity index (χ0) is 8.81. The SMILES string of the molecule is CCCCNc1ncc(I)cn1. The molecular weight excluding hydrogens is 265 g/mol. The van der Waals surface area contributed by atoms with E-state index in [9.17, 15) is 0 Å². The van der Waals surface area contributed by atoms with Crippen LogP contribution in [0.25, 0.3) is 0 Å². The van der Waals surface area contributed by atoms with Crippen LogP contribution in [-0.4, -0.2) is 16.5 Å². The van der Waals surface area contributed by atoms with Crippen molar-refractivity contribution in [2.45, 2.75) is 19.8 Å². The molecule has 0 aliphatic rings. The second-order valence-electron chi connectivity index (χ2n) is 2.51. The average molecular weight is 277 g/mol. The molecule has 0 unspecified atom stereocenters. The normalized spacial score (nSPS) is 9.83. The molecule has 0 amide bonds. The van der Waals surface area contributed by atoms with Crippen LogP contribution in [0.2, 0.25) is 0 Å². The Bertz CT molecular complexity index is 222. The van der Waals surface area contributed by atoms with Crippen LogP contribution >= 0.6 is 22.6 Å². The number of nitrogens with one attached hydrogen (secondary N) is 1. The van der Waals surface area contributed by atoms with E-state index in [1.165, 1.54) is 6.42 Å². The molecule has 0 saturated carbocycles. The number of halogens is 1. The molecule has 1 rings (SSSR count). The third-order valence-corrected chi connectivity index (χ3v) is 1.99. The number of aromatic nitrogens is 2. The van der Waals surface area contributed by atoms with Gasteiger partial charge in [-0.1, -0.05) is 13.3 Å². The fourth-order valence-corrected chi connectivity index (χ4v) is 1.06. The number of hydrogen-bond donors (Lipinski definition) is 1. The van der Waals surface area contributed by atoms with Crippen molar-refractivity contribution >= 4 is 28.5 Å². The largest absolute Gasteiger partial charge is 0.354 e. The van der Waals surface area contributed by atoms with Gasteiger partial charge in [0.1, 0.15) is 0 Å². The second kappa shape index (κ2) is 5.29. The Morgan fingerprint density at radius 2 is 2.08 bits per heavy atom. The number of anilines is 1. The van der Waals surface area contributed by atoms with Gasteiger partial charge in [0.05, 0.1) is 0 Å². The van der Waals surface area contributed by atoms with Crippen LogP contribution in [0.1, 0.15) is 19.8 Å². The number of hydrogen-bond acceptors (Lipinski definition) is 3. The van der Waals surface area contributed by atoms with E-state index in [4.69, 9.17) is 0 Å². The molecule has 12 heavy (non-hydrogen) atoms. The Morgan fingerprint density at radius 3 is 2.67 bits per heavy atom. The number of nitrogens with zero attached hydrogens (tertiary/aromatic N) is 2. The van der Waals surface area contributed by atoms with Crippen molar-refractivity contribution in [1.29, 1.82) is 0 Å². The first-order valence-corrected chi connectivity index (χ1v) is 5.12. The molecule has 0 fully saturated rings.